The molecule has 70 valence electrons. The Morgan fingerprint density at radius 2 is 2.08 bits per heavy atom. The van der Waals surface area contributed by atoms with E-state index in [4.69, 9.17) is 0 Å². The molecule has 0 bridgehead atoms. The Morgan fingerprint density at radius 3 is 2.67 bits per heavy atom. The lowest BCUT2D eigenvalue weighted by Crippen LogP contribution is -2.54. The predicted octanol–water partition coefficient (Wildman–Crippen LogP) is 2.18. The van der Waals surface area contributed by atoms with Gasteiger partial charge in [-0.25, -0.2) is 0 Å². The molecule has 12 heavy (non-hydrogen) atoms. The van der Waals surface area contributed by atoms with Gasteiger partial charge in [0.15, 0.2) is 0 Å². The molecule has 0 aromatic heterocycles. The van der Waals surface area contributed by atoms with Crippen molar-refractivity contribution in [3.05, 3.63) is 0 Å². The van der Waals surface area contributed by atoms with Crippen molar-refractivity contribution in [2.24, 2.45) is 5.41 Å². The van der Waals surface area contributed by atoms with Crippen LogP contribution in [0.15, 0.2) is 0 Å². The van der Waals surface area contributed by atoms with Gasteiger partial charge in [0.25, 0.3) is 0 Å². The minimum Gasteiger partial charge on any atom is -0.301 e. The van der Waals surface area contributed by atoms with Crippen LogP contribution in [0, 0.1) is 5.41 Å². The summed E-state index contributed by atoms with van der Waals surface area (Å²) in [5, 5.41) is 3.70. The van der Waals surface area contributed by atoms with Crippen molar-refractivity contribution in [2.45, 2.75) is 25.1 Å². The molecule has 2 fully saturated rings. The van der Waals surface area contributed by atoms with Crippen molar-refractivity contribution in [1.29, 1.82) is 0 Å². The quantitative estimate of drug-likeness (QED) is 0.648. The molecule has 0 radical (unpaired) electrons. The average molecular weight is 203 g/mol. The van der Waals surface area contributed by atoms with E-state index in [1.807, 2.05) is 0 Å². The van der Waals surface area contributed by atoms with Gasteiger partial charge in [0.1, 0.15) is 0 Å². The summed E-state index contributed by atoms with van der Waals surface area (Å²) >= 11 is 4.25. The summed E-state index contributed by atoms with van der Waals surface area (Å²) in [6.45, 7) is 6.03. The van der Waals surface area contributed by atoms with Crippen LogP contribution in [0.25, 0.3) is 0 Å². The normalized spacial score (nSPS) is 40.5. The van der Waals surface area contributed by atoms with Gasteiger partial charge in [-0.1, -0.05) is 13.8 Å². The highest BCUT2D eigenvalue weighted by atomic mass is 32.2. The fourth-order valence-electron chi connectivity index (χ4n) is 2.00. The zero-order chi connectivity index (χ0) is 8.66. The van der Waals surface area contributed by atoms with E-state index in [0.717, 1.165) is 0 Å². The monoisotopic (exact) mass is 203 g/mol. The van der Waals surface area contributed by atoms with Gasteiger partial charge in [-0.05, 0) is 17.6 Å². The lowest BCUT2D eigenvalue weighted by atomic mass is 9.81. The van der Waals surface area contributed by atoms with Crippen LogP contribution in [-0.2, 0) is 0 Å². The molecular weight excluding hydrogens is 186 g/mol. The molecule has 1 nitrogen and oxygen atoms in total. The standard InChI is InChI=1S/C9H17NS2/c1-8(2)3-5-11-7-9(8)10-4-6-12-9/h10H,3-7H2,1-2H3. The Balaban J connectivity index is 2.19. The third-order valence-electron chi connectivity index (χ3n) is 3.13. The predicted molar refractivity (Wildman–Crippen MR) is 58.9 cm³/mol. The van der Waals surface area contributed by atoms with Gasteiger partial charge in [0.05, 0.1) is 4.87 Å². The Morgan fingerprint density at radius 1 is 1.25 bits per heavy atom. The summed E-state index contributed by atoms with van der Waals surface area (Å²) in [4.78, 5) is 0.399. The molecule has 2 rings (SSSR count). The number of rotatable bonds is 0. The molecule has 0 aliphatic carbocycles. The first kappa shape index (κ1) is 9.22. The zero-order valence-corrected chi connectivity index (χ0v) is 9.49. The second-order valence-corrected chi connectivity index (χ2v) is 6.79. The molecule has 1 spiro atoms. The second kappa shape index (κ2) is 3.10. The number of hydrogen-bond acceptors (Lipinski definition) is 3. The van der Waals surface area contributed by atoms with Crippen LogP contribution in [0.3, 0.4) is 0 Å². The molecule has 0 saturated carbocycles. The van der Waals surface area contributed by atoms with Crippen LogP contribution in [0.2, 0.25) is 0 Å². The minimum atomic E-state index is 0.399. The Bertz CT molecular complexity index is 173. The van der Waals surface area contributed by atoms with Crippen molar-refractivity contribution >= 4 is 23.5 Å². The first-order valence-corrected chi connectivity index (χ1v) is 6.77. The smallest absolute Gasteiger partial charge is 0.0789 e. The number of hydrogen-bond donors (Lipinski definition) is 1. The van der Waals surface area contributed by atoms with Crippen LogP contribution in [0.5, 0.6) is 0 Å². The summed E-state index contributed by atoms with van der Waals surface area (Å²) in [6.07, 6.45) is 1.36. The van der Waals surface area contributed by atoms with Crippen molar-refractivity contribution < 1.29 is 0 Å². The first-order valence-electron chi connectivity index (χ1n) is 4.63. The van der Waals surface area contributed by atoms with Gasteiger partial charge in [-0.2, -0.15) is 11.8 Å². The van der Waals surface area contributed by atoms with E-state index >= 15 is 0 Å². The van der Waals surface area contributed by atoms with Gasteiger partial charge in [-0.3, -0.25) is 0 Å². The van der Waals surface area contributed by atoms with E-state index in [1.54, 1.807) is 0 Å². The second-order valence-electron chi connectivity index (χ2n) is 4.29. The van der Waals surface area contributed by atoms with E-state index in [2.05, 4.69) is 42.7 Å². The highest BCUT2D eigenvalue weighted by molar-refractivity contribution is 8.04. The molecule has 2 aliphatic heterocycles. The summed E-state index contributed by atoms with van der Waals surface area (Å²) in [5.41, 5.74) is 0.486. The van der Waals surface area contributed by atoms with Crippen LogP contribution < -0.4 is 5.32 Å². The third kappa shape index (κ3) is 1.30. The van der Waals surface area contributed by atoms with Crippen LogP contribution in [0.4, 0.5) is 0 Å². The van der Waals surface area contributed by atoms with E-state index < -0.39 is 0 Å². The zero-order valence-electron chi connectivity index (χ0n) is 7.85. The van der Waals surface area contributed by atoms with E-state index in [9.17, 15) is 0 Å². The maximum absolute atomic E-state index is 3.70. The van der Waals surface area contributed by atoms with Crippen LogP contribution in [-0.4, -0.2) is 28.7 Å². The Hall–Kier alpha value is 0.660. The fraction of sp³-hybridized carbons (Fsp3) is 1.00. The Labute approximate surface area is 83.4 Å². The molecule has 0 amide bonds. The van der Waals surface area contributed by atoms with Gasteiger partial charge in [0.2, 0.25) is 0 Å². The largest absolute Gasteiger partial charge is 0.301 e. The van der Waals surface area contributed by atoms with E-state index in [1.165, 1.54) is 30.2 Å². The first-order chi connectivity index (χ1) is 5.66. The summed E-state index contributed by atoms with van der Waals surface area (Å²) in [5.74, 6) is 3.94. The Kier molecular flexibility index (Phi) is 2.39. The molecule has 1 unspecified atom stereocenters. The maximum Gasteiger partial charge on any atom is 0.0789 e. The minimum absolute atomic E-state index is 0.399. The van der Waals surface area contributed by atoms with Crippen LogP contribution >= 0.6 is 23.5 Å². The molecule has 1 N–H and O–H groups in total. The van der Waals surface area contributed by atoms with Crippen molar-refractivity contribution in [2.75, 3.05) is 23.8 Å². The van der Waals surface area contributed by atoms with Gasteiger partial charge in [0, 0.05) is 18.1 Å². The summed E-state index contributed by atoms with van der Waals surface area (Å²) < 4.78 is 0. The van der Waals surface area contributed by atoms with Gasteiger partial charge in [-0.15, -0.1) is 11.8 Å². The molecule has 2 saturated heterocycles. The number of thioether (sulfide) groups is 2. The maximum atomic E-state index is 3.70. The van der Waals surface area contributed by atoms with Crippen molar-refractivity contribution in [3.8, 4) is 0 Å². The number of nitrogens with one attached hydrogen (secondary N) is 1. The van der Waals surface area contributed by atoms with Crippen LogP contribution in [0.1, 0.15) is 20.3 Å². The highest BCUT2D eigenvalue weighted by Crippen LogP contribution is 2.50. The van der Waals surface area contributed by atoms with Gasteiger partial charge < -0.3 is 5.32 Å². The fourth-order valence-corrected chi connectivity index (χ4v) is 5.41. The molecular formula is C9H17NS2. The van der Waals surface area contributed by atoms with Crippen molar-refractivity contribution in [3.63, 3.8) is 0 Å². The summed E-state index contributed by atoms with van der Waals surface area (Å²) in [6, 6.07) is 0. The molecule has 1 atom stereocenters. The molecule has 0 aromatic rings. The lowest BCUT2D eigenvalue weighted by Gasteiger charge is -2.47. The topological polar surface area (TPSA) is 12.0 Å². The van der Waals surface area contributed by atoms with Gasteiger partial charge >= 0.3 is 0 Å². The molecule has 2 heterocycles. The lowest BCUT2D eigenvalue weighted by molar-refractivity contribution is 0.227. The van der Waals surface area contributed by atoms with E-state index in [-0.39, 0.29) is 0 Å². The average Bonchev–Trinajstić information content (AvgIpc) is 2.46. The molecule has 2 aliphatic rings. The summed E-state index contributed by atoms with van der Waals surface area (Å²) in [7, 11) is 0. The highest BCUT2D eigenvalue weighted by Gasteiger charge is 2.49. The molecule has 0 aromatic carbocycles. The molecule has 3 heteroatoms. The van der Waals surface area contributed by atoms with E-state index in [0.29, 0.717) is 10.3 Å². The third-order valence-corrected chi connectivity index (χ3v) is 6.19. The van der Waals surface area contributed by atoms with Crippen molar-refractivity contribution in [1.82, 2.24) is 5.32 Å². The SMILES string of the molecule is CC1(C)CCSCC12NCCS2.